The second-order valence-corrected chi connectivity index (χ2v) is 43.4. The maximum atomic E-state index is 13.7. The molecule has 3 heterocycles. The minimum atomic E-state index is -2.04. The lowest BCUT2D eigenvalue weighted by Crippen LogP contribution is -2.55. The molecule has 109 heavy (non-hydrogen) atoms. The number of piperidine rings is 2. The number of ether oxygens (including phenoxy) is 5. The Bertz CT molecular complexity index is 4030. The van der Waals surface area contributed by atoms with E-state index in [2.05, 4.69) is 224 Å². The van der Waals surface area contributed by atoms with E-state index in [4.69, 9.17) is 23.7 Å². The smallest absolute Gasteiger partial charge is 0.408 e. The number of carbonyl (C=O) groups is 4. The van der Waals surface area contributed by atoms with E-state index in [1.165, 1.54) is 90.1 Å². The summed E-state index contributed by atoms with van der Waals surface area (Å²) >= 11 is 26.1. The van der Waals surface area contributed by atoms with Crippen LogP contribution >= 0.6 is 119 Å². The molecule has 2 spiro atoms. The van der Waals surface area contributed by atoms with Crippen molar-refractivity contribution in [3.63, 3.8) is 0 Å². The molecule has 2 saturated heterocycles. The van der Waals surface area contributed by atoms with Crippen LogP contribution in [0.15, 0.2) is 124 Å². The Morgan fingerprint density at radius 2 is 0.945 bits per heavy atom. The van der Waals surface area contributed by atoms with Gasteiger partial charge in [0.05, 0.1) is 19.2 Å². The molecule has 14 nitrogen and oxygen atoms in total. The maximum Gasteiger partial charge on any atom is 0.408 e. The van der Waals surface area contributed by atoms with Crippen molar-refractivity contribution in [2.45, 2.75) is 211 Å². The van der Waals surface area contributed by atoms with Crippen LogP contribution in [0.5, 0.6) is 5.75 Å². The van der Waals surface area contributed by atoms with Crippen LogP contribution in [0.1, 0.15) is 186 Å². The van der Waals surface area contributed by atoms with Gasteiger partial charge in [-0.15, -0.1) is 11.8 Å². The van der Waals surface area contributed by atoms with Crippen LogP contribution in [0, 0.1) is 6.92 Å². The highest BCUT2D eigenvalue weighted by Gasteiger charge is 2.50. The number of carbonyl (C=O) groups excluding carboxylic acids is 4. The molecule has 594 valence electrons. The molecular formula is C86H112Br6N4O10S2Si. The SMILES string of the molecule is CCCCCC(NC(=O)OC(C)(C)C)C(=O)N1CCC2(CC1)c1cc(Br)ccc1-c1c(C)cc(Br)cc12.CCCCCC(NC(=O)OC(C)(C)C)C(=O)N1CCC2(CC1)c1cc(Br)ccc1-c1ccc(Br)cc12.COCCCCOc1cc(Br)cc2c1-c1ccc(Br)cc1[Si]2(CCCSCCO)CCCSCOC. The average Bonchev–Trinajstić information content (AvgIpc) is 1.57. The zero-order valence-corrected chi connectivity index (χ0v) is 77.6. The number of hydrogen-bond donors (Lipinski definition) is 3. The van der Waals surface area contributed by atoms with Crippen LogP contribution in [-0.4, -0.2) is 154 Å². The number of aliphatic hydroxyl groups is 1. The number of hydrogen-bond acceptors (Lipinski definition) is 12. The van der Waals surface area contributed by atoms with Gasteiger partial charge in [-0.3, -0.25) is 9.59 Å². The Kier molecular flexibility index (Phi) is 33.7. The first-order valence-electron chi connectivity index (χ1n) is 38.9. The van der Waals surface area contributed by atoms with Gasteiger partial charge in [0.15, 0.2) is 0 Å². The number of halogens is 6. The molecule has 3 N–H and O–H groups in total. The van der Waals surface area contributed by atoms with E-state index < -0.39 is 43.5 Å². The second kappa shape index (κ2) is 41.2. The third-order valence-electron chi connectivity index (χ3n) is 21.5. The van der Waals surface area contributed by atoms with Gasteiger partial charge >= 0.3 is 12.2 Å². The summed E-state index contributed by atoms with van der Waals surface area (Å²) in [6.07, 6.45) is 13.8. The summed E-state index contributed by atoms with van der Waals surface area (Å²) in [4.78, 5) is 56.3. The van der Waals surface area contributed by atoms with Crippen LogP contribution < -0.4 is 25.7 Å². The Morgan fingerprint density at radius 1 is 0.505 bits per heavy atom. The van der Waals surface area contributed by atoms with Gasteiger partial charge in [0.2, 0.25) is 11.8 Å². The van der Waals surface area contributed by atoms with E-state index in [9.17, 15) is 24.3 Å². The zero-order chi connectivity index (χ0) is 78.8. The lowest BCUT2D eigenvalue weighted by Gasteiger charge is -2.42. The first-order chi connectivity index (χ1) is 52.1. The molecule has 4 amide bonds. The van der Waals surface area contributed by atoms with Gasteiger partial charge < -0.3 is 49.2 Å². The fraction of sp³-hybridized carbons (Fsp3) is 0.535. The largest absolute Gasteiger partial charge is 0.493 e. The van der Waals surface area contributed by atoms with Crippen molar-refractivity contribution in [1.82, 2.24) is 20.4 Å². The number of alkyl carbamates (subject to hydrolysis) is 2. The third-order valence-corrected chi connectivity index (χ3v) is 31.7. The number of likely N-dealkylation sites (tertiary alicyclic amines) is 2. The molecule has 6 aromatic rings. The number of methoxy groups -OCH3 is 2. The van der Waals surface area contributed by atoms with Crippen molar-refractivity contribution in [2.24, 2.45) is 0 Å². The van der Waals surface area contributed by atoms with E-state index in [0.717, 1.165) is 146 Å². The molecule has 2 aliphatic carbocycles. The van der Waals surface area contributed by atoms with Crippen molar-refractivity contribution in [3.8, 4) is 39.1 Å². The van der Waals surface area contributed by atoms with Crippen LogP contribution in [-0.2, 0) is 39.4 Å². The summed E-state index contributed by atoms with van der Waals surface area (Å²) < 4.78 is 34.4. The molecule has 2 fully saturated rings. The molecular weight excluding hydrogens is 1820 g/mol. The fourth-order valence-corrected chi connectivity index (χ4v) is 26.8. The van der Waals surface area contributed by atoms with E-state index >= 15 is 0 Å². The number of nitrogens with zero attached hydrogens (tertiary/aromatic N) is 2. The third kappa shape index (κ3) is 22.7. The van der Waals surface area contributed by atoms with Crippen LogP contribution in [0.25, 0.3) is 33.4 Å². The number of unbranched alkanes of at least 4 members (excludes halogenated alkanes) is 5. The van der Waals surface area contributed by atoms with E-state index in [-0.39, 0.29) is 29.3 Å². The average molecular weight is 1930 g/mol. The van der Waals surface area contributed by atoms with Crippen molar-refractivity contribution >= 4 is 162 Å². The van der Waals surface area contributed by atoms with Crippen molar-refractivity contribution in [2.75, 3.05) is 83.4 Å². The number of benzene rings is 6. The predicted octanol–water partition coefficient (Wildman–Crippen LogP) is 21.9. The van der Waals surface area contributed by atoms with Gasteiger partial charge in [-0.05, 0) is 275 Å². The van der Waals surface area contributed by atoms with Gasteiger partial charge in [-0.2, -0.15) is 11.8 Å². The number of thioether (sulfide) groups is 2. The van der Waals surface area contributed by atoms with Gasteiger partial charge in [0.25, 0.3) is 0 Å². The predicted molar refractivity (Wildman–Crippen MR) is 474 cm³/mol. The minimum absolute atomic E-state index is 0.00470. The van der Waals surface area contributed by atoms with Gasteiger partial charge in [0.1, 0.15) is 37.1 Å². The molecule has 23 heteroatoms. The number of rotatable bonds is 30. The molecule has 11 rings (SSSR count). The first-order valence-corrected chi connectivity index (χ1v) is 48.3. The number of amides is 4. The normalized spacial score (nSPS) is 16.6. The first kappa shape index (κ1) is 89.2. The monoisotopic (exact) mass is 1930 g/mol. The molecule has 5 aliphatic rings. The molecule has 6 aromatic carbocycles. The zero-order valence-electron chi connectivity index (χ0n) is 65.5. The molecule has 0 radical (unpaired) electrons. The van der Waals surface area contributed by atoms with Crippen LogP contribution in [0.2, 0.25) is 12.1 Å². The number of fused-ring (bicyclic) bond motifs is 13. The summed E-state index contributed by atoms with van der Waals surface area (Å²) in [6.45, 7) is 21.8. The number of nitrogens with one attached hydrogen (secondary N) is 2. The van der Waals surface area contributed by atoms with E-state index in [1.807, 2.05) is 74.9 Å². The Balaban J connectivity index is 0.000000188. The van der Waals surface area contributed by atoms with Gasteiger partial charge in [0, 0.05) is 96.0 Å². The summed E-state index contributed by atoms with van der Waals surface area (Å²) in [5.74, 6) is 4.74. The minimum Gasteiger partial charge on any atom is -0.493 e. The maximum absolute atomic E-state index is 13.7. The number of aryl methyl sites for hydroxylation is 1. The molecule has 0 saturated carbocycles. The molecule has 3 unspecified atom stereocenters. The molecule has 3 atom stereocenters. The summed E-state index contributed by atoms with van der Waals surface area (Å²) in [7, 11) is 1.48. The lowest BCUT2D eigenvalue weighted by atomic mass is 9.70. The van der Waals surface area contributed by atoms with E-state index in [1.54, 1.807) is 14.2 Å². The highest BCUT2D eigenvalue weighted by atomic mass is 79.9. The van der Waals surface area contributed by atoms with Crippen LogP contribution in [0.4, 0.5) is 9.59 Å². The standard InChI is InChI=1S/C30H38Br2N2O3.C29H36Br2N2O3.C27H38Br2O4S2Si/c1-6-7-8-9-25(33-28(36)37-29(3,4)5)27(35)34-14-12-30(13-15-34)23-17-20(31)10-11-22(23)26-19(2)16-21(32)18-24(26)30;1-5-6-7-8-25(32-27(35)36-28(2,3)4)26(34)33-15-13-29(14-16-33)23-17-19(30)9-11-21(23)22-12-10-20(31)18-24(22)29;1-31-10-3-4-11-33-24-17-22(29)19-26-27(24)23-8-7-21(28)18-25(23)36(26,15-5-12-34-14-9-30)16-6-13-35-20-32-2/h10-11,16-18,25H,6-9,12-15H2,1-5H3,(H,33,36);9-12,17-18,25H,5-8,13-16H2,1-4H3,(H,32,35);7-8,17-19,30H,3-6,9-16,20H2,1-2H3. The van der Waals surface area contributed by atoms with Gasteiger partial charge in [-0.25, -0.2) is 9.59 Å². The summed E-state index contributed by atoms with van der Waals surface area (Å²) in [5, 5.41) is 18.0. The molecule has 0 aromatic heterocycles. The summed E-state index contributed by atoms with van der Waals surface area (Å²) in [5.41, 5.74) is 13.0. The van der Waals surface area contributed by atoms with Crippen molar-refractivity contribution in [3.05, 3.63) is 152 Å². The molecule has 3 aliphatic heterocycles. The van der Waals surface area contributed by atoms with Crippen molar-refractivity contribution in [1.29, 1.82) is 0 Å². The lowest BCUT2D eigenvalue weighted by molar-refractivity contribution is -0.135. The molecule has 0 bridgehead atoms. The topological polar surface area (TPSA) is 165 Å². The fourth-order valence-electron chi connectivity index (χ4n) is 16.6. The highest BCUT2D eigenvalue weighted by molar-refractivity contribution is 9.11. The summed E-state index contributed by atoms with van der Waals surface area (Å²) in [6, 6.07) is 36.8. The Labute approximate surface area is 708 Å². The highest BCUT2D eigenvalue weighted by Crippen LogP contribution is 2.58. The number of aliphatic hydroxyl groups excluding tert-OH is 1. The quantitative estimate of drug-likeness (QED) is 0.0222. The second-order valence-electron chi connectivity index (χ2n) is 31.4. The van der Waals surface area contributed by atoms with Crippen molar-refractivity contribution < 1.29 is 48.0 Å². The Morgan fingerprint density at radius 3 is 1.43 bits per heavy atom. The van der Waals surface area contributed by atoms with Gasteiger partial charge in [-0.1, -0.05) is 172 Å². The van der Waals surface area contributed by atoms with Crippen LogP contribution in [0.3, 0.4) is 0 Å². The Hall–Kier alpha value is -3.72. The van der Waals surface area contributed by atoms with E-state index in [0.29, 0.717) is 45.6 Å².